The second-order valence-corrected chi connectivity index (χ2v) is 11.9. The van der Waals surface area contributed by atoms with Gasteiger partial charge in [0.15, 0.2) is 12.6 Å². The number of rotatable bonds is 10. The molecule has 2 heterocycles. The van der Waals surface area contributed by atoms with Crippen LogP contribution in [0, 0.1) is 5.92 Å². The molecule has 2 aliphatic carbocycles. The number of nitrogens with one attached hydrogen (secondary N) is 1. The molecule has 0 unspecified atom stereocenters. The summed E-state index contributed by atoms with van der Waals surface area (Å²) in [5, 5.41) is 146. The zero-order valence-electron chi connectivity index (χ0n) is 24.0. The molecule has 2 aliphatic heterocycles. The quantitative estimate of drug-likeness (QED) is 0.0968. The number of hydrogen-bond donors (Lipinski definition) is 15. The standard InChI is InChI=1S/C26H45NO18/c28-3-7-1-9(14(33)17(36)13(7)32)27-10-2-8(4-29)23(19(38)15(10)34)44-26-22(41)20(39)24(12(6-31)43-26)45-25-21(40)18(37)16(35)11(5-30)42-25/h1,8-41H,2-6H2/t8-,9+,10+,11+,12+,13+,14-,15+,16-,17-,18+,19-,20-,21-,22+,23-,24-,25-,26+/m0/s1. The van der Waals surface area contributed by atoms with E-state index in [1.54, 1.807) is 0 Å². The monoisotopic (exact) mass is 659 g/mol. The smallest absolute Gasteiger partial charge is 0.187 e. The van der Waals surface area contributed by atoms with Crippen LogP contribution in [0.15, 0.2) is 11.6 Å². The molecule has 15 N–H and O–H groups in total. The molecular formula is C26H45NO18. The van der Waals surface area contributed by atoms with Gasteiger partial charge in [-0.1, -0.05) is 6.08 Å². The normalized spacial score (nSPS) is 51.2. The Morgan fingerprint density at radius 3 is 1.73 bits per heavy atom. The van der Waals surface area contributed by atoms with Crippen molar-refractivity contribution < 1.29 is 90.4 Å². The summed E-state index contributed by atoms with van der Waals surface area (Å²) in [7, 11) is 0. The first kappa shape index (κ1) is 36.8. The van der Waals surface area contributed by atoms with E-state index >= 15 is 0 Å². The first-order valence-electron chi connectivity index (χ1n) is 14.6. The molecule has 45 heavy (non-hydrogen) atoms. The van der Waals surface area contributed by atoms with Gasteiger partial charge >= 0.3 is 0 Å². The zero-order valence-corrected chi connectivity index (χ0v) is 24.0. The Bertz CT molecular complexity index is 972. The molecule has 4 aliphatic rings. The van der Waals surface area contributed by atoms with Crippen LogP contribution in [0.1, 0.15) is 6.42 Å². The third kappa shape index (κ3) is 7.37. The summed E-state index contributed by atoms with van der Waals surface area (Å²) in [5.41, 5.74) is 0.0188. The molecule has 1 saturated carbocycles. The van der Waals surface area contributed by atoms with Crippen LogP contribution < -0.4 is 5.32 Å². The average molecular weight is 660 g/mol. The second kappa shape index (κ2) is 15.5. The summed E-state index contributed by atoms with van der Waals surface area (Å²) in [5.74, 6) is -0.943. The van der Waals surface area contributed by atoms with Gasteiger partial charge in [-0.3, -0.25) is 0 Å². The van der Waals surface area contributed by atoms with Gasteiger partial charge in [-0.15, -0.1) is 0 Å². The topological polar surface area (TPSA) is 332 Å². The van der Waals surface area contributed by atoms with Gasteiger partial charge < -0.3 is 95.8 Å². The van der Waals surface area contributed by atoms with Gasteiger partial charge in [0.25, 0.3) is 0 Å². The summed E-state index contributed by atoms with van der Waals surface area (Å²) in [6, 6.07) is -2.08. The van der Waals surface area contributed by atoms with Crippen molar-refractivity contribution in [2.24, 2.45) is 5.92 Å². The third-order valence-electron chi connectivity index (χ3n) is 9.01. The molecule has 0 amide bonds. The van der Waals surface area contributed by atoms with E-state index < -0.39 is 142 Å². The molecule has 19 nitrogen and oxygen atoms in total. The van der Waals surface area contributed by atoms with Crippen LogP contribution in [0.5, 0.6) is 0 Å². The van der Waals surface area contributed by atoms with E-state index in [1.165, 1.54) is 6.08 Å². The highest BCUT2D eigenvalue weighted by Crippen LogP contribution is 2.34. The minimum atomic E-state index is -1.94. The fourth-order valence-electron chi connectivity index (χ4n) is 6.26. The van der Waals surface area contributed by atoms with E-state index in [4.69, 9.17) is 18.9 Å². The van der Waals surface area contributed by atoms with Gasteiger partial charge in [-0.2, -0.15) is 0 Å². The Balaban J connectivity index is 1.44. The number of hydrogen-bond acceptors (Lipinski definition) is 19. The summed E-state index contributed by atoms with van der Waals surface area (Å²) in [6.07, 6.45) is -25.5. The Hall–Kier alpha value is -1.02. The number of aliphatic hydroxyl groups is 14. The molecule has 0 radical (unpaired) electrons. The van der Waals surface area contributed by atoms with Crippen molar-refractivity contribution in [3.8, 4) is 0 Å². The second-order valence-electron chi connectivity index (χ2n) is 11.9. The first-order chi connectivity index (χ1) is 21.3. The molecule has 0 aromatic heterocycles. The lowest BCUT2D eigenvalue weighted by atomic mass is 9.78. The fraction of sp³-hybridized carbons (Fsp3) is 0.923. The highest BCUT2D eigenvalue weighted by atomic mass is 16.7. The van der Waals surface area contributed by atoms with Crippen LogP contribution in [-0.2, 0) is 18.9 Å². The van der Waals surface area contributed by atoms with Crippen LogP contribution in [-0.4, -0.2) is 208 Å². The maximum absolute atomic E-state index is 11.0. The summed E-state index contributed by atoms with van der Waals surface area (Å²) >= 11 is 0. The maximum atomic E-state index is 11.0. The summed E-state index contributed by atoms with van der Waals surface area (Å²) in [6.45, 7) is -2.84. The highest BCUT2D eigenvalue weighted by molar-refractivity contribution is 5.22. The minimum absolute atomic E-state index is 0.0188. The molecular weight excluding hydrogens is 614 g/mol. The number of aliphatic hydroxyl groups excluding tert-OH is 14. The van der Waals surface area contributed by atoms with Crippen molar-refractivity contribution in [3.05, 3.63) is 11.6 Å². The van der Waals surface area contributed by atoms with Crippen molar-refractivity contribution in [2.75, 3.05) is 26.4 Å². The van der Waals surface area contributed by atoms with Crippen LogP contribution in [0.2, 0.25) is 0 Å². The molecule has 4 rings (SSSR count). The molecule has 3 fully saturated rings. The minimum Gasteiger partial charge on any atom is -0.396 e. The molecule has 0 aromatic carbocycles. The van der Waals surface area contributed by atoms with Gasteiger partial charge in [-0.25, -0.2) is 0 Å². The third-order valence-corrected chi connectivity index (χ3v) is 9.01. The van der Waals surface area contributed by atoms with Gasteiger partial charge in [-0.05, 0) is 12.0 Å². The molecule has 0 bridgehead atoms. The maximum Gasteiger partial charge on any atom is 0.187 e. The van der Waals surface area contributed by atoms with E-state index in [9.17, 15) is 71.5 Å². The van der Waals surface area contributed by atoms with E-state index in [0.717, 1.165) is 0 Å². The zero-order chi connectivity index (χ0) is 33.3. The van der Waals surface area contributed by atoms with Crippen LogP contribution in [0.3, 0.4) is 0 Å². The van der Waals surface area contributed by atoms with Crippen molar-refractivity contribution in [1.82, 2.24) is 5.32 Å². The molecule has 0 spiro atoms. The number of ether oxygens (including phenoxy) is 4. The predicted molar refractivity (Wildman–Crippen MR) is 142 cm³/mol. The lowest BCUT2D eigenvalue weighted by Gasteiger charge is -2.48. The van der Waals surface area contributed by atoms with E-state index in [2.05, 4.69) is 5.32 Å². The fourth-order valence-corrected chi connectivity index (χ4v) is 6.26. The van der Waals surface area contributed by atoms with Crippen molar-refractivity contribution in [3.63, 3.8) is 0 Å². The summed E-state index contributed by atoms with van der Waals surface area (Å²) < 4.78 is 22.1. The van der Waals surface area contributed by atoms with Crippen LogP contribution in [0.4, 0.5) is 0 Å². The van der Waals surface area contributed by atoms with E-state index in [0.29, 0.717) is 0 Å². The molecule has 19 heteroatoms. The molecule has 0 aromatic rings. The van der Waals surface area contributed by atoms with Gasteiger partial charge in [0.05, 0.1) is 38.1 Å². The van der Waals surface area contributed by atoms with Crippen LogP contribution >= 0.6 is 0 Å². The predicted octanol–water partition coefficient (Wildman–Crippen LogP) is -8.93. The molecule has 19 atom stereocenters. The van der Waals surface area contributed by atoms with E-state index in [1.807, 2.05) is 0 Å². The van der Waals surface area contributed by atoms with E-state index in [-0.39, 0.29) is 12.0 Å². The SMILES string of the molecule is OCC1=C[C@@H](N[C@@H]2C[C@@H](CO)[C@H](O[C@H]3O[C@H](CO)[C@H](O[C@@H]4O[C@H](CO)[C@H](O)[C@@H](O)[C@@H]4O)[C@@H](O)[C@H]3O)[C@@H](O)[C@@H]2O)[C@H](O)[C@@H](O)[C@@H]1O. The molecule has 2 saturated heterocycles. The molecule has 262 valence electrons. The average Bonchev–Trinajstić information content (AvgIpc) is 3.03. The van der Waals surface area contributed by atoms with Crippen molar-refractivity contribution >= 4 is 0 Å². The van der Waals surface area contributed by atoms with Crippen molar-refractivity contribution in [1.29, 1.82) is 0 Å². The Morgan fingerprint density at radius 1 is 0.600 bits per heavy atom. The lowest BCUT2D eigenvalue weighted by molar-refractivity contribution is -0.368. The van der Waals surface area contributed by atoms with Gasteiger partial charge in [0, 0.05) is 18.6 Å². The van der Waals surface area contributed by atoms with Crippen LogP contribution in [0.25, 0.3) is 0 Å². The first-order valence-corrected chi connectivity index (χ1v) is 14.6. The Labute approximate surface area is 256 Å². The lowest BCUT2D eigenvalue weighted by Crippen LogP contribution is -2.67. The van der Waals surface area contributed by atoms with Gasteiger partial charge in [0.1, 0.15) is 73.2 Å². The highest BCUT2D eigenvalue weighted by Gasteiger charge is 2.53. The Morgan fingerprint density at radius 2 is 1.16 bits per heavy atom. The van der Waals surface area contributed by atoms with Gasteiger partial charge in [0.2, 0.25) is 0 Å². The Kier molecular flexibility index (Phi) is 12.7. The van der Waals surface area contributed by atoms with Crippen molar-refractivity contribution in [2.45, 2.75) is 117 Å². The largest absolute Gasteiger partial charge is 0.396 e. The summed E-state index contributed by atoms with van der Waals surface area (Å²) in [4.78, 5) is 0.